The normalized spacial score (nSPS) is 19.6. The van der Waals surface area contributed by atoms with Gasteiger partial charge in [0, 0.05) is 35.8 Å². The van der Waals surface area contributed by atoms with Crippen molar-refractivity contribution in [1.29, 1.82) is 0 Å². The van der Waals surface area contributed by atoms with Crippen LogP contribution in [-0.4, -0.2) is 43.0 Å². The fourth-order valence-electron chi connectivity index (χ4n) is 2.09. The molecule has 0 bridgehead atoms. The SMILES string of the molecule is CC1CN(CC(=O)Nc2ccc(Br)cc2)CCN1.Cl. The van der Waals surface area contributed by atoms with Gasteiger partial charge in [0.25, 0.3) is 0 Å². The van der Waals surface area contributed by atoms with E-state index in [2.05, 4.69) is 38.4 Å². The molecule has 2 N–H and O–H groups in total. The Bertz CT molecular complexity index is 413. The fourth-order valence-corrected chi connectivity index (χ4v) is 2.36. The number of nitrogens with one attached hydrogen (secondary N) is 2. The lowest BCUT2D eigenvalue weighted by atomic mass is 10.2. The van der Waals surface area contributed by atoms with Crippen LogP contribution in [0, 0.1) is 0 Å². The summed E-state index contributed by atoms with van der Waals surface area (Å²) in [6.07, 6.45) is 0. The second-order valence-corrected chi connectivity index (χ2v) is 5.56. The average molecular weight is 349 g/mol. The summed E-state index contributed by atoms with van der Waals surface area (Å²) in [5.41, 5.74) is 0.839. The number of halogens is 2. The highest BCUT2D eigenvalue weighted by Gasteiger charge is 2.17. The van der Waals surface area contributed by atoms with Gasteiger partial charge in [-0.05, 0) is 31.2 Å². The summed E-state index contributed by atoms with van der Waals surface area (Å²) in [6.45, 7) is 5.40. The Kier molecular flexibility index (Phi) is 6.79. The van der Waals surface area contributed by atoms with Gasteiger partial charge in [-0.2, -0.15) is 0 Å². The quantitative estimate of drug-likeness (QED) is 0.879. The molecule has 0 radical (unpaired) electrons. The molecule has 1 aliphatic heterocycles. The molecule has 1 atom stereocenters. The zero-order valence-electron chi connectivity index (χ0n) is 10.9. The number of carbonyl (C=O) groups is 1. The maximum Gasteiger partial charge on any atom is 0.238 e. The molecule has 0 saturated carbocycles. The Balaban J connectivity index is 0.00000180. The predicted molar refractivity (Wildman–Crippen MR) is 83.9 cm³/mol. The molecule has 106 valence electrons. The van der Waals surface area contributed by atoms with E-state index in [9.17, 15) is 4.79 Å². The highest BCUT2D eigenvalue weighted by atomic mass is 79.9. The number of benzene rings is 1. The van der Waals surface area contributed by atoms with Crippen molar-refractivity contribution < 1.29 is 4.79 Å². The average Bonchev–Trinajstić information content (AvgIpc) is 2.32. The van der Waals surface area contributed by atoms with Crippen LogP contribution >= 0.6 is 28.3 Å². The molecule has 6 heteroatoms. The van der Waals surface area contributed by atoms with Crippen molar-refractivity contribution in [3.05, 3.63) is 28.7 Å². The summed E-state index contributed by atoms with van der Waals surface area (Å²) in [5.74, 6) is 0.0476. The Morgan fingerprint density at radius 3 is 2.79 bits per heavy atom. The molecule has 19 heavy (non-hydrogen) atoms. The smallest absolute Gasteiger partial charge is 0.238 e. The molecule has 1 fully saturated rings. The minimum Gasteiger partial charge on any atom is -0.325 e. The van der Waals surface area contributed by atoms with Crippen molar-refractivity contribution in [2.24, 2.45) is 0 Å². The highest BCUT2D eigenvalue weighted by molar-refractivity contribution is 9.10. The van der Waals surface area contributed by atoms with Crippen LogP contribution in [0.5, 0.6) is 0 Å². The first-order chi connectivity index (χ1) is 8.63. The van der Waals surface area contributed by atoms with E-state index in [-0.39, 0.29) is 18.3 Å². The van der Waals surface area contributed by atoms with E-state index in [0.717, 1.165) is 29.8 Å². The third kappa shape index (κ3) is 5.48. The van der Waals surface area contributed by atoms with E-state index < -0.39 is 0 Å². The molecular formula is C13H19BrClN3O. The second kappa shape index (κ2) is 7.85. The zero-order chi connectivity index (χ0) is 13.0. The first-order valence-electron chi connectivity index (χ1n) is 6.14. The molecule has 0 aliphatic carbocycles. The largest absolute Gasteiger partial charge is 0.325 e. The third-order valence-electron chi connectivity index (χ3n) is 2.95. The topological polar surface area (TPSA) is 44.4 Å². The van der Waals surface area contributed by atoms with Crippen LogP contribution in [0.25, 0.3) is 0 Å². The summed E-state index contributed by atoms with van der Waals surface area (Å²) >= 11 is 3.37. The summed E-state index contributed by atoms with van der Waals surface area (Å²) in [5, 5.41) is 6.27. The highest BCUT2D eigenvalue weighted by Crippen LogP contribution is 2.14. The molecule has 1 heterocycles. The van der Waals surface area contributed by atoms with Gasteiger partial charge >= 0.3 is 0 Å². The van der Waals surface area contributed by atoms with E-state index in [1.807, 2.05) is 24.3 Å². The Hall–Kier alpha value is -0.620. The molecule has 0 aromatic heterocycles. The number of rotatable bonds is 3. The summed E-state index contributed by atoms with van der Waals surface area (Å²) in [6, 6.07) is 8.08. The lowest BCUT2D eigenvalue weighted by molar-refractivity contribution is -0.117. The lowest BCUT2D eigenvalue weighted by Gasteiger charge is -2.31. The third-order valence-corrected chi connectivity index (χ3v) is 3.48. The molecule has 2 rings (SSSR count). The van der Waals surface area contributed by atoms with Crippen LogP contribution in [0.4, 0.5) is 5.69 Å². The predicted octanol–water partition coefficient (Wildman–Crippen LogP) is 2.10. The lowest BCUT2D eigenvalue weighted by Crippen LogP contribution is -2.51. The molecule has 1 aromatic rings. The Morgan fingerprint density at radius 1 is 1.47 bits per heavy atom. The van der Waals surface area contributed by atoms with Gasteiger partial charge in [-0.15, -0.1) is 12.4 Å². The van der Waals surface area contributed by atoms with Gasteiger partial charge in [-0.3, -0.25) is 9.69 Å². The van der Waals surface area contributed by atoms with Crippen molar-refractivity contribution >= 4 is 39.9 Å². The minimum atomic E-state index is 0. The number of nitrogens with zero attached hydrogens (tertiary/aromatic N) is 1. The van der Waals surface area contributed by atoms with Crippen molar-refractivity contribution in [3.63, 3.8) is 0 Å². The Morgan fingerprint density at radius 2 is 2.16 bits per heavy atom. The van der Waals surface area contributed by atoms with Crippen LogP contribution in [0.15, 0.2) is 28.7 Å². The van der Waals surface area contributed by atoms with Gasteiger partial charge in [-0.25, -0.2) is 0 Å². The van der Waals surface area contributed by atoms with Gasteiger partial charge in [0.2, 0.25) is 5.91 Å². The van der Waals surface area contributed by atoms with Crippen molar-refractivity contribution in [2.45, 2.75) is 13.0 Å². The van der Waals surface area contributed by atoms with E-state index in [4.69, 9.17) is 0 Å². The first-order valence-corrected chi connectivity index (χ1v) is 6.94. The van der Waals surface area contributed by atoms with Crippen LogP contribution < -0.4 is 10.6 Å². The van der Waals surface area contributed by atoms with Crippen LogP contribution in [0.3, 0.4) is 0 Å². The van der Waals surface area contributed by atoms with E-state index in [0.29, 0.717) is 12.6 Å². The van der Waals surface area contributed by atoms with Crippen molar-refractivity contribution in [1.82, 2.24) is 10.2 Å². The van der Waals surface area contributed by atoms with Crippen LogP contribution in [0.2, 0.25) is 0 Å². The summed E-state index contributed by atoms with van der Waals surface area (Å²) in [4.78, 5) is 14.1. The second-order valence-electron chi connectivity index (χ2n) is 4.65. The minimum absolute atomic E-state index is 0. The van der Waals surface area contributed by atoms with Gasteiger partial charge in [-0.1, -0.05) is 15.9 Å². The molecule has 1 saturated heterocycles. The Labute approximate surface area is 128 Å². The van der Waals surface area contributed by atoms with Crippen molar-refractivity contribution in [2.75, 3.05) is 31.5 Å². The summed E-state index contributed by atoms with van der Waals surface area (Å²) < 4.78 is 1.01. The molecule has 4 nitrogen and oxygen atoms in total. The van der Waals surface area contributed by atoms with E-state index >= 15 is 0 Å². The monoisotopic (exact) mass is 347 g/mol. The number of amides is 1. The number of carbonyl (C=O) groups excluding carboxylic acids is 1. The van der Waals surface area contributed by atoms with E-state index in [1.165, 1.54) is 0 Å². The number of hydrogen-bond acceptors (Lipinski definition) is 3. The molecular weight excluding hydrogens is 330 g/mol. The van der Waals surface area contributed by atoms with Crippen molar-refractivity contribution in [3.8, 4) is 0 Å². The number of anilines is 1. The molecule has 1 aromatic carbocycles. The van der Waals surface area contributed by atoms with Crippen LogP contribution in [0.1, 0.15) is 6.92 Å². The maximum atomic E-state index is 11.9. The van der Waals surface area contributed by atoms with Gasteiger partial charge < -0.3 is 10.6 Å². The van der Waals surface area contributed by atoms with Gasteiger partial charge in [0.1, 0.15) is 0 Å². The zero-order valence-corrected chi connectivity index (χ0v) is 13.3. The molecule has 0 spiro atoms. The maximum absolute atomic E-state index is 11.9. The molecule has 1 unspecified atom stereocenters. The molecule has 1 aliphatic rings. The number of piperazine rings is 1. The number of hydrogen-bond donors (Lipinski definition) is 2. The van der Waals surface area contributed by atoms with Crippen LogP contribution in [-0.2, 0) is 4.79 Å². The standard InChI is InChI=1S/C13H18BrN3O.ClH/c1-10-8-17(7-6-15-10)9-13(18)16-12-4-2-11(14)3-5-12;/h2-5,10,15H,6-9H2,1H3,(H,16,18);1H. The first kappa shape index (κ1) is 16.4. The summed E-state index contributed by atoms with van der Waals surface area (Å²) in [7, 11) is 0. The van der Waals surface area contributed by atoms with Gasteiger partial charge in [0.05, 0.1) is 6.54 Å². The van der Waals surface area contributed by atoms with Gasteiger partial charge in [0.15, 0.2) is 0 Å². The fraction of sp³-hybridized carbons (Fsp3) is 0.462. The molecule has 1 amide bonds. The van der Waals surface area contributed by atoms with E-state index in [1.54, 1.807) is 0 Å².